The Hall–Kier alpha value is -4.56. The Morgan fingerprint density at radius 3 is 2.20 bits per heavy atom. The summed E-state index contributed by atoms with van der Waals surface area (Å²) in [5.41, 5.74) is 5.97. The zero-order valence-electron chi connectivity index (χ0n) is 26.1. The molecule has 0 bridgehead atoms. The van der Waals surface area contributed by atoms with Gasteiger partial charge in [0.2, 0.25) is 11.8 Å². The Morgan fingerprint density at radius 2 is 1.59 bits per heavy atom. The van der Waals surface area contributed by atoms with Gasteiger partial charge in [0, 0.05) is 68.9 Å². The lowest BCUT2D eigenvalue weighted by Crippen LogP contribution is -2.54. The first-order valence-electron chi connectivity index (χ1n) is 15.3. The molecule has 2 amide bonds. The first-order chi connectivity index (χ1) is 21.3. The number of hydrogen-bond donors (Lipinski definition) is 0. The van der Waals surface area contributed by atoms with Gasteiger partial charge >= 0.3 is 0 Å². The fraction of sp³-hybridized carbons (Fsp3) is 0.333. The zero-order chi connectivity index (χ0) is 31.1. The predicted octanol–water partition coefficient (Wildman–Crippen LogP) is 5.00. The molecule has 2 aromatic heterocycles. The summed E-state index contributed by atoms with van der Waals surface area (Å²) in [5.74, 6) is -0.206. The van der Waals surface area contributed by atoms with Crippen molar-refractivity contribution < 1.29 is 9.59 Å². The van der Waals surface area contributed by atoms with Crippen LogP contribution in [0.1, 0.15) is 35.2 Å². The second kappa shape index (κ2) is 14.3. The first kappa shape index (κ1) is 30.9. The standard InChI is InChI=1S/C36H42N6O2/c1-27-32(25-38-40(27)4)14-15-35(43)42(26-29-10-12-30(13-11-29)31-16-20-37-21-17-31)34(24-28-8-6-5-7-9-28)36(44)41-22-18-33(19-23-41)39(2)3/h5-17,20-21,25,33-34H,18-19,22-24,26H2,1-4H3. The highest BCUT2D eigenvalue weighted by molar-refractivity contribution is 5.96. The largest absolute Gasteiger partial charge is 0.341 e. The molecule has 1 fully saturated rings. The Labute approximate surface area is 260 Å². The summed E-state index contributed by atoms with van der Waals surface area (Å²) in [6, 6.07) is 21.9. The van der Waals surface area contributed by atoms with Crippen LogP contribution in [0.25, 0.3) is 17.2 Å². The quantitative estimate of drug-likeness (QED) is 0.243. The normalized spacial score (nSPS) is 14.7. The van der Waals surface area contributed by atoms with E-state index in [1.165, 1.54) is 0 Å². The van der Waals surface area contributed by atoms with E-state index in [2.05, 4.69) is 41.2 Å². The minimum absolute atomic E-state index is 0.00114. The fourth-order valence-electron chi connectivity index (χ4n) is 5.80. The molecule has 4 aromatic rings. The van der Waals surface area contributed by atoms with Crippen molar-refractivity contribution in [3.8, 4) is 11.1 Å². The van der Waals surface area contributed by atoms with Gasteiger partial charge in [0.25, 0.3) is 0 Å². The van der Waals surface area contributed by atoms with Crippen LogP contribution < -0.4 is 0 Å². The van der Waals surface area contributed by atoms with E-state index >= 15 is 0 Å². The first-order valence-corrected chi connectivity index (χ1v) is 15.3. The van der Waals surface area contributed by atoms with Crippen molar-refractivity contribution >= 4 is 17.9 Å². The summed E-state index contributed by atoms with van der Waals surface area (Å²) in [4.78, 5) is 38.5. The summed E-state index contributed by atoms with van der Waals surface area (Å²) in [7, 11) is 6.07. The lowest BCUT2D eigenvalue weighted by molar-refractivity contribution is -0.145. The summed E-state index contributed by atoms with van der Waals surface area (Å²) in [6.07, 6.45) is 11.0. The second-order valence-electron chi connectivity index (χ2n) is 11.8. The van der Waals surface area contributed by atoms with E-state index in [0.29, 0.717) is 32.1 Å². The summed E-state index contributed by atoms with van der Waals surface area (Å²) >= 11 is 0. The van der Waals surface area contributed by atoms with Gasteiger partial charge in [-0.3, -0.25) is 19.3 Å². The number of carbonyl (C=O) groups excluding carboxylic acids is 2. The van der Waals surface area contributed by atoms with Crippen LogP contribution in [0.5, 0.6) is 0 Å². The van der Waals surface area contributed by atoms with Crippen molar-refractivity contribution in [3.05, 3.63) is 114 Å². The van der Waals surface area contributed by atoms with Gasteiger partial charge in [0.1, 0.15) is 6.04 Å². The molecule has 1 unspecified atom stereocenters. The van der Waals surface area contributed by atoms with E-state index in [4.69, 9.17) is 0 Å². The molecule has 228 valence electrons. The highest BCUT2D eigenvalue weighted by atomic mass is 16.2. The molecule has 0 N–H and O–H groups in total. The van der Waals surface area contributed by atoms with Crippen LogP contribution >= 0.6 is 0 Å². The van der Waals surface area contributed by atoms with Crippen LogP contribution in [0.3, 0.4) is 0 Å². The van der Waals surface area contributed by atoms with Crippen LogP contribution in [0.15, 0.2) is 91.4 Å². The van der Waals surface area contributed by atoms with Gasteiger partial charge in [-0.1, -0.05) is 54.6 Å². The minimum atomic E-state index is -0.652. The molecular formula is C36H42N6O2. The zero-order valence-corrected chi connectivity index (χ0v) is 26.1. The van der Waals surface area contributed by atoms with Crippen molar-refractivity contribution in [3.63, 3.8) is 0 Å². The molecule has 3 heterocycles. The number of carbonyl (C=O) groups is 2. The second-order valence-corrected chi connectivity index (χ2v) is 11.8. The molecule has 0 aliphatic carbocycles. The van der Waals surface area contributed by atoms with Crippen LogP contribution in [-0.2, 0) is 29.6 Å². The average molecular weight is 591 g/mol. The number of likely N-dealkylation sites (tertiary alicyclic amines) is 1. The van der Waals surface area contributed by atoms with E-state index in [1.54, 1.807) is 40.3 Å². The summed E-state index contributed by atoms with van der Waals surface area (Å²) < 4.78 is 1.78. The number of aromatic nitrogens is 3. The number of piperidine rings is 1. The van der Waals surface area contributed by atoms with Gasteiger partial charge < -0.3 is 14.7 Å². The number of nitrogens with zero attached hydrogens (tertiary/aromatic N) is 6. The number of benzene rings is 2. The van der Waals surface area contributed by atoms with Crippen molar-refractivity contribution in [2.45, 2.75) is 44.8 Å². The third kappa shape index (κ3) is 7.50. The van der Waals surface area contributed by atoms with E-state index in [0.717, 1.165) is 46.4 Å². The number of amides is 2. The van der Waals surface area contributed by atoms with Gasteiger partial charge in [0.05, 0.1) is 6.20 Å². The lowest BCUT2D eigenvalue weighted by Gasteiger charge is -2.39. The molecule has 44 heavy (non-hydrogen) atoms. The lowest BCUT2D eigenvalue weighted by atomic mass is 9.98. The van der Waals surface area contributed by atoms with Crippen molar-refractivity contribution in [1.82, 2.24) is 29.5 Å². The SMILES string of the molecule is Cc1c(C=CC(=O)N(Cc2ccc(-c3ccncc3)cc2)C(Cc2ccccc2)C(=O)N2CCC(N(C)C)CC2)cnn1C. The van der Waals surface area contributed by atoms with Crippen molar-refractivity contribution in [2.24, 2.45) is 7.05 Å². The highest BCUT2D eigenvalue weighted by Gasteiger charge is 2.34. The maximum absolute atomic E-state index is 14.4. The third-order valence-electron chi connectivity index (χ3n) is 8.72. The third-order valence-corrected chi connectivity index (χ3v) is 8.72. The molecular weight excluding hydrogens is 548 g/mol. The van der Waals surface area contributed by atoms with Crippen molar-refractivity contribution in [2.75, 3.05) is 27.2 Å². The van der Waals surface area contributed by atoms with E-state index < -0.39 is 6.04 Å². The molecule has 1 atom stereocenters. The molecule has 0 spiro atoms. The van der Waals surface area contributed by atoms with Crippen molar-refractivity contribution in [1.29, 1.82) is 0 Å². The van der Waals surface area contributed by atoms with Gasteiger partial charge in [-0.15, -0.1) is 0 Å². The number of hydrogen-bond acceptors (Lipinski definition) is 5. The Balaban J connectivity index is 1.47. The molecule has 1 aliphatic rings. The Kier molecular flexibility index (Phi) is 10.0. The smallest absolute Gasteiger partial charge is 0.247 e. The van der Waals surface area contributed by atoms with Crippen LogP contribution in [0.4, 0.5) is 0 Å². The van der Waals surface area contributed by atoms with Crippen LogP contribution in [-0.4, -0.2) is 80.5 Å². The predicted molar refractivity (Wildman–Crippen MR) is 174 cm³/mol. The molecule has 8 nitrogen and oxygen atoms in total. The number of aryl methyl sites for hydroxylation is 1. The topological polar surface area (TPSA) is 74.6 Å². The summed E-state index contributed by atoms with van der Waals surface area (Å²) in [6.45, 7) is 3.64. The van der Waals surface area contributed by atoms with E-state index in [-0.39, 0.29) is 11.8 Å². The van der Waals surface area contributed by atoms with E-state index in [1.807, 2.05) is 73.5 Å². The monoisotopic (exact) mass is 590 g/mol. The van der Waals surface area contributed by atoms with Crippen LogP contribution in [0.2, 0.25) is 0 Å². The van der Waals surface area contributed by atoms with Gasteiger partial charge in [-0.05, 0) is 74.3 Å². The maximum Gasteiger partial charge on any atom is 0.247 e. The maximum atomic E-state index is 14.4. The van der Waals surface area contributed by atoms with Gasteiger partial charge in [-0.25, -0.2) is 0 Å². The molecule has 8 heteroatoms. The Morgan fingerprint density at radius 1 is 0.932 bits per heavy atom. The average Bonchev–Trinajstić information content (AvgIpc) is 3.38. The highest BCUT2D eigenvalue weighted by Crippen LogP contribution is 2.23. The summed E-state index contributed by atoms with van der Waals surface area (Å²) in [5, 5.41) is 4.31. The Bertz CT molecular complexity index is 1560. The number of rotatable bonds is 10. The van der Waals surface area contributed by atoms with Crippen LogP contribution in [0, 0.1) is 6.92 Å². The molecule has 0 saturated carbocycles. The number of pyridine rings is 1. The molecule has 5 rings (SSSR count). The van der Waals surface area contributed by atoms with E-state index in [9.17, 15) is 9.59 Å². The molecule has 0 radical (unpaired) electrons. The fourth-order valence-corrected chi connectivity index (χ4v) is 5.80. The molecule has 1 saturated heterocycles. The molecule has 2 aromatic carbocycles. The van der Waals surface area contributed by atoms with Gasteiger partial charge in [0.15, 0.2) is 0 Å². The van der Waals surface area contributed by atoms with Gasteiger partial charge in [-0.2, -0.15) is 5.10 Å². The minimum Gasteiger partial charge on any atom is -0.341 e. The molecule has 1 aliphatic heterocycles.